The van der Waals surface area contributed by atoms with E-state index in [4.69, 9.17) is 10.5 Å². The van der Waals surface area contributed by atoms with E-state index in [9.17, 15) is 4.48 Å². The first-order chi connectivity index (χ1) is 5.74. The van der Waals surface area contributed by atoms with E-state index in [1.165, 1.54) is 0 Å². The number of halogens is 1. The molecule has 1 rings (SSSR count). The van der Waals surface area contributed by atoms with Crippen LogP contribution in [-0.4, -0.2) is 9.77 Å². The third-order valence-electron chi connectivity index (χ3n) is 1.42. The van der Waals surface area contributed by atoms with Gasteiger partial charge in [0.15, 0.2) is 11.4 Å². The maximum absolute atomic E-state index is 13.0. The van der Waals surface area contributed by atoms with Gasteiger partial charge in [0.1, 0.15) is 18.0 Å². The van der Waals surface area contributed by atoms with Crippen molar-refractivity contribution in [2.24, 2.45) is 0 Å². The molecule has 0 N–H and O–H groups in total. The summed E-state index contributed by atoms with van der Waals surface area (Å²) in [5.74, 6) is 0.100. The highest BCUT2D eigenvalue weighted by molar-refractivity contribution is 5.37. The highest BCUT2D eigenvalue weighted by atomic mass is 19.2. The molecular formula is C7H5FN4. The molecule has 0 aromatic carbocycles. The molecule has 0 aliphatic heterocycles. The Morgan fingerprint density at radius 3 is 2.50 bits per heavy atom. The summed E-state index contributed by atoms with van der Waals surface area (Å²) < 4.78 is 13.0. The number of hydrogen-bond donors (Lipinski definition) is 0. The van der Waals surface area contributed by atoms with Crippen LogP contribution in [-0.2, 0) is 6.42 Å². The summed E-state index contributed by atoms with van der Waals surface area (Å²) in [6, 6.07) is 3.22. The van der Waals surface area contributed by atoms with Crippen molar-refractivity contribution in [3.63, 3.8) is 0 Å². The second-order valence-corrected chi connectivity index (χ2v) is 2.08. The average molecular weight is 164 g/mol. The zero-order chi connectivity index (χ0) is 9.14. The van der Waals surface area contributed by atoms with Gasteiger partial charge in [0.2, 0.25) is 0 Å². The Kier molecular flexibility index (Phi) is 2.07. The van der Waals surface area contributed by atoms with Crippen LogP contribution in [0.25, 0.3) is 0 Å². The fourth-order valence-electron chi connectivity index (χ4n) is 0.841. The van der Waals surface area contributed by atoms with Gasteiger partial charge in [-0.3, -0.25) is 0 Å². The van der Waals surface area contributed by atoms with E-state index in [2.05, 4.69) is 4.98 Å². The predicted octanol–water partition coefficient (Wildman–Crippen LogP) is 0.921. The molecule has 1 aromatic heterocycles. The Morgan fingerprint density at radius 1 is 1.50 bits per heavy atom. The van der Waals surface area contributed by atoms with Crippen molar-refractivity contribution in [3.05, 3.63) is 17.2 Å². The molecule has 0 fully saturated rings. The Morgan fingerprint density at radius 2 is 2.17 bits per heavy atom. The first kappa shape index (κ1) is 8.22. The van der Waals surface area contributed by atoms with Crippen molar-refractivity contribution in [1.29, 1.82) is 10.5 Å². The molecule has 0 amide bonds. The lowest BCUT2D eigenvalue weighted by Crippen LogP contribution is -1.93. The minimum Gasteiger partial charge on any atom is -0.218 e. The zero-order valence-corrected chi connectivity index (χ0v) is 6.37. The van der Waals surface area contributed by atoms with E-state index in [1.54, 1.807) is 19.1 Å². The summed E-state index contributed by atoms with van der Waals surface area (Å²) in [7, 11) is 0. The van der Waals surface area contributed by atoms with Crippen molar-refractivity contribution < 1.29 is 4.48 Å². The Bertz CT molecular complexity index is 379. The third kappa shape index (κ3) is 1.02. The topological polar surface area (TPSA) is 65.4 Å². The summed E-state index contributed by atoms with van der Waals surface area (Å²) in [5.41, 5.74) is -0.480. The van der Waals surface area contributed by atoms with E-state index in [-0.39, 0.29) is 22.0 Å². The van der Waals surface area contributed by atoms with Crippen LogP contribution in [0.15, 0.2) is 0 Å². The van der Waals surface area contributed by atoms with Gasteiger partial charge < -0.3 is 0 Å². The largest absolute Gasteiger partial charge is 0.218 e. The van der Waals surface area contributed by atoms with E-state index < -0.39 is 0 Å². The molecule has 4 nitrogen and oxygen atoms in total. The Labute approximate surface area is 68.4 Å². The van der Waals surface area contributed by atoms with Crippen molar-refractivity contribution in [2.75, 3.05) is 0 Å². The van der Waals surface area contributed by atoms with Crippen LogP contribution in [0.3, 0.4) is 0 Å². The smallest absolute Gasteiger partial charge is 0.189 e. The van der Waals surface area contributed by atoms with Gasteiger partial charge >= 0.3 is 0 Å². The van der Waals surface area contributed by atoms with Gasteiger partial charge in [0, 0.05) is 6.42 Å². The Balaban J connectivity index is 3.38. The number of aryl methyl sites for hydroxylation is 1. The highest BCUT2D eigenvalue weighted by Gasteiger charge is 2.14. The lowest BCUT2D eigenvalue weighted by molar-refractivity contribution is 0.348. The van der Waals surface area contributed by atoms with Crippen LogP contribution in [0.1, 0.15) is 24.1 Å². The maximum Gasteiger partial charge on any atom is 0.189 e. The van der Waals surface area contributed by atoms with Crippen LogP contribution in [0.2, 0.25) is 0 Å². The molecule has 0 aliphatic carbocycles. The van der Waals surface area contributed by atoms with E-state index in [1.807, 2.05) is 0 Å². The molecule has 0 aliphatic rings. The fraction of sp³-hybridized carbons (Fsp3) is 0.286. The van der Waals surface area contributed by atoms with Gasteiger partial charge in [-0.05, 0) is 0 Å². The average Bonchev–Trinajstić information content (AvgIpc) is 2.41. The highest BCUT2D eigenvalue weighted by Crippen LogP contribution is 2.10. The molecule has 12 heavy (non-hydrogen) atoms. The SMILES string of the molecule is CCc1nc(C#N)c(C#N)n1F. The monoisotopic (exact) mass is 164 g/mol. The van der Waals surface area contributed by atoms with E-state index in [0.29, 0.717) is 6.42 Å². The first-order valence-corrected chi connectivity index (χ1v) is 3.32. The van der Waals surface area contributed by atoms with Crippen LogP contribution in [0.4, 0.5) is 4.48 Å². The summed E-state index contributed by atoms with van der Waals surface area (Å²) in [6.45, 7) is 1.70. The molecular weight excluding hydrogens is 159 g/mol. The molecule has 1 aromatic rings. The minimum atomic E-state index is -0.325. The molecule has 1 heterocycles. The molecule has 0 bridgehead atoms. The maximum atomic E-state index is 13.0. The van der Waals surface area contributed by atoms with Gasteiger partial charge in [-0.1, -0.05) is 11.4 Å². The van der Waals surface area contributed by atoms with Gasteiger partial charge in [0.05, 0.1) is 0 Å². The summed E-state index contributed by atoms with van der Waals surface area (Å²) in [4.78, 5) is 3.77. The second-order valence-electron chi connectivity index (χ2n) is 2.08. The molecule has 0 saturated carbocycles. The van der Waals surface area contributed by atoms with Crippen molar-refractivity contribution >= 4 is 0 Å². The van der Waals surface area contributed by atoms with Crippen LogP contribution in [0.5, 0.6) is 0 Å². The number of imidazole rings is 1. The number of nitrogens with zero attached hydrogens (tertiary/aromatic N) is 4. The number of nitriles is 2. The summed E-state index contributed by atoms with van der Waals surface area (Å²) in [5, 5.41) is 16.9. The quantitative estimate of drug-likeness (QED) is 0.619. The number of aromatic nitrogens is 2. The van der Waals surface area contributed by atoms with Crippen LogP contribution >= 0.6 is 0 Å². The van der Waals surface area contributed by atoms with Gasteiger partial charge in [0.25, 0.3) is 0 Å². The first-order valence-electron chi connectivity index (χ1n) is 3.32. The Hall–Kier alpha value is -1.88. The molecule has 5 heteroatoms. The number of rotatable bonds is 1. The standard InChI is InChI=1S/C7H5FN4/c1-2-7-11-5(3-9)6(4-10)12(7)8/h2H2,1H3. The van der Waals surface area contributed by atoms with Gasteiger partial charge in [-0.25, -0.2) is 4.98 Å². The summed E-state index contributed by atoms with van der Waals surface area (Å²) in [6.07, 6.45) is 0.354. The molecule has 0 unspecified atom stereocenters. The molecule has 0 saturated heterocycles. The predicted molar refractivity (Wildman–Crippen MR) is 37.5 cm³/mol. The zero-order valence-electron chi connectivity index (χ0n) is 6.37. The molecule has 0 atom stereocenters. The second kappa shape index (κ2) is 3.02. The van der Waals surface area contributed by atoms with Crippen molar-refractivity contribution in [1.82, 2.24) is 9.77 Å². The molecule has 0 radical (unpaired) electrons. The van der Waals surface area contributed by atoms with E-state index in [0.717, 1.165) is 0 Å². The van der Waals surface area contributed by atoms with Gasteiger partial charge in [-0.2, -0.15) is 15.3 Å². The van der Waals surface area contributed by atoms with E-state index >= 15 is 0 Å². The minimum absolute atomic E-state index is 0.100. The van der Waals surface area contributed by atoms with Crippen LogP contribution < -0.4 is 0 Å². The van der Waals surface area contributed by atoms with Gasteiger partial charge in [-0.15, -0.1) is 0 Å². The normalized spacial score (nSPS) is 9.00. The number of hydrogen-bond acceptors (Lipinski definition) is 3. The van der Waals surface area contributed by atoms with Crippen molar-refractivity contribution in [2.45, 2.75) is 13.3 Å². The lowest BCUT2D eigenvalue weighted by Gasteiger charge is -1.89. The fourth-order valence-corrected chi connectivity index (χ4v) is 0.841. The van der Waals surface area contributed by atoms with Crippen molar-refractivity contribution in [3.8, 4) is 12.1 Å². The summed E-state index contributed by atoms with van der Waals surface area (Å²) >= 11 is 0. The third-order valence-corrected chi connectivity index (χ3v) is 1.42. The molecule has 0 spiro atoms. The van der Waals surface area contributed by atoms with Crippen LogP contribution in [0, 0.1) is 22.7 Å². The lowest BCUT2D eigenvalue weighted by atomic mass is 10.4. The molecule has 60 valence electrons.